The maximum absolute atomic E-state index is 10.6. The van der Waals surface area contributed by atoms with Crippen molar-refractivity contribution >= 4 is 29.2 Å². The highest BCUT2D eigenvalue weighted by Gasteiger charge is 2.19. The first-order chi connectivity index (χ1) is 18.7. The molecule has 10 nitrogen and oxygen atoms in total. The van der Waals surface area contributed by atoms with Crippen LogP contribution in [-0.2, 0) is 11.3 Å². The van der Waals surface area contributed by atoms with E-state index in [0.29, 0.717) is 18.2 Å². The highest BCUT2D eigenvalue weighted by molar-refractivity contribution is 5.83. The number of fused-ring (bicyclic) bond motifs is 1. The average Bonchev–Trinajstić information content (AvgIpc) is 3.33. The molecule has 4 aromatic rings. The molecular formula is C28H35N9O. The molecule has 0 spiro atoms. The summed E-state index contributed by atoms with van der Waals surface area (Å²) in [4.78, 5) is 29.6. The Morgan fingerprint density at radius 3 is 2.66 bits per heavy atom. The van der Waals surface area contributed by atoms with Gasteiger partial charge in [-0.3, -0.25) is 14.3 Å². The van der Waals surface area contributed by atoms with Crippen LogP contribution in [0, 0.1) is 0 Å². The van der Waals surface area contributed by atoms with E-state index in [1.54, 1.807) is 6.20 Å². The molecule has 1 saturated heterocycles. The molecule has 0 aliphatic carbocycles. The van der Waals surface area contributed by atoms with Gasteiger partial charge in [0.2, 0.25) is 6.41 Å². The first-order valence-electron chi connectivity index (χ1n) is 13.2. The van der Waals surface area contributed by atoms with Crippen LogP contribution in [-0.4, -0.2) is 76.6 Å². The second-order valence-corrected chi connectivity index (χ2v) is 9.42. The molecule has 38 heavy (non-hydrogen) atoms. The number of hydrogen-bond acceptors (Lipinski definition) is 8. The number of amides is 1. The minimum Gasteiger partial charge on any atom is -0.383 e. The minimum atomic E-state index is 0.428. The van der Waals surface area contributed by atoms with Gasteiger partial charge in [-0.1, -0.05) is 12.1 Å². The van der Waals surface area contributed by atoms with Gasteiger partial charge in [0, 0.05) is 64.2 Å². The number of nitrogen functional groups attached to an aromatic ring is 1. The van der Waals surface area contributed by atoms with Crippen LogP contribution < -0.4 is 21.3 Å². The number of imidazole rings is 1. The van der Waals surface area contributed by atoms with Crippen molar-refractivity contribution < 1.29 is 4.79 Å². The molecular weight excluding hydrogens is 478 g/mol. The Morgan fingerprint density at radius 2 is 1.92 bits per heavy atom. The van der Waals surface area contributed by atoms with Gasteiger partial charge < -0.3 is 21.3 Å². The number of rotatable bonds is 11. The molecule has 1 fully saturated rings. The predicted octanol–water partition coefficient (Wildman–Crippen LogP) is 2.43. The molecule has 198 valence electrons. The van der Waals surface area contributed by atoms with E-state index in [1.807, 2.05) is 24.3 Å². The Balaban J connectivity index is 1.53. The van der Waals surface area contributed by atoms with E-state index >= 15 is 0 Å². The second kappa shape index (κ2) is 12.0. The van der Waals surface area contributed by atoms with E-state index in [4.69, 9.17) is 15.7 Å². The molecule has 0 radical (unpaired) electrons. The summed E-state index contributed by atoms with van der Waals surface area (Å²) in [6.07, 6.45) is 3.25. The van der Waals surface area contributed by atoms with Crippen LogP contribution in [0.4, 0.5) is 11.6 Å². The number of carbonyl (C=O) groups is 1. The summed E-state index contributed by atoms with van der Waals surface area (Å²) in [5, 5.41) is 6.14. The third-order valence-electron chi connectivity index (χ3n) is 6.92. The third-order valence-corrected chi connectivity index (χ3v) is 6.92. The Morgan fingerprint density at radius 1 is 1.11 bits per heavy atom. The van der Waals surface area contributed by atoms with E-state index < -0.39 is 0 Å². The standard InChI is InChI=1S/C28H35N9O/c1-2-36(16-4-12-31-20-38)25-11-10-24-28(34-25)37(27(33-24)23-5-3-13-32-26(23)29)22-8-6-21(7-9-22)19-35-17-14-30-15-18-35/h3,5-11,13,20,30H,2,4,12,14-19H2,1H3,(H2,29,32)(H,31,38). The molecule has 0 bridgehead atoms. The lowest BCUT2D eigenvalue weighted by atomic mass is 10.1. The lowest BCUT2D eigenvalue weighted by Gasteiger charge is -2.27. The SMILES string of the molecule is CCN(CCCNC=O)c1ccc2nc(-c3cccnc3N)n(-c3ccc(CN4CCNCC4)cc3)c2n1. The minimum absolute atomic E-state index is 0.428. The molecule has 1 aromatic carbocycles. The molecule has 1 aliphatic rings. The van der Waals surface area contributed by atoms with Gasteiger partial charge in [-0.2, -0.15) is 0 Å². The van der Waals surface area contributed by atoms with Crippen LogP contribution in [0.25, 0.3) is 28.2 Å². The van der Waals surface area contributed by atoms with Crippen LogP contribution in [0.15, 0.2) is 54.7 Å². The number of aromatic nitrogens is 4. The number of piperazine rings is 1. The maximum atomic E-state index is 10.6. The van der Waals surface area contributed by atoms with Gasteiger partial charge in [-0.25, -0.2) is 15.0 Å². The molecule has 0 saturated carbocycles. The Labute approximate surface area is 222 Å². The van der Waals surface area contributed by atoms with Crippen molar-refractivity contribution in [1.29, 1.82) is 0 Å². The zero-order valence-electron chi connectivity index (χ0n) is 21.8. The van der Waals surface area contributed by atoms with Gasteiger partial charge in [-0.15, -0.1) is 0 Å². The van der Waals surface area contributed by atoms with Crippen molar-refractivity contribution in [3.05, 3.63) is 60.3 Å². The summed E-state index contributed by atoms with van der Waals surface area (Å²) < 4.78 is 2.07. The number of anilines is 2. The average molecular weight is 514 g/mol. The van der Waals surface area contributed by atoms with Crippen molar-refractivity contribution in [2.75, 3.05) is 56.4 Å². The van der Waals surface area contributed by atoms with Crippen molar-refractivity contribution in [2.24, 2.45) is 0 Å². The quantitative estimate of drug-likeness (QED) is 0.207. The molecule has 1 aliphatic heterocycles. The summed E-state index contributed by atoms with van der Waals surface area (Å²) >= 11 is 0. The van der Waals surface area contributed by atoms with E-state index in [-0.39, 0.29) is 0 Å². The van der Waals surface area contributed by atoms with Gasteiger partial charge >= 0.3 is 0 Å². The number of carbonyl (C=O) groups excluding carboxylic acids is 1. The van der Waals surface area contributed by atoms with E-state index in [0.717, 1.165) is 86.9 Å². The van der Waals surface area contributed by atoms with Crippen molar-refractivity contribution in [3.8, 4) is 17.1 Å². The third kappa shape index (κ3) is 5.61. The molecule has 0 atom stereocenters. The van der Waals surface area contributed by atoms with Gasteiger partial charge in [0.05, 0.1) is 5.56 Å². The number of benzene rings is 1. The number of hydrogen-bond donors (Lipinski definition) is 3. The molecule has 4 N–H and O–H groups in total. The summed E-state index contributed by atoms with van der Waals surface area (Å²) in [6, 6.07) is 16.5. The molecule has 1 amide bonds. The number of nitrogens with two attached hydrogens (primary N) is 1. The van der Waals surface area contributed by atoms with Crippen LogP contribution in [0.3, 0.4) is 0 Å². The Hall–Kier alpha value is -4.02. The number of pyridine rings is 2. The first-order valence-corrected chi connectivity index (χ1v) is 13.2. The lowest BCUT2D eigenvalue weighted by molar-refractivity contribution is -0.109. The van der Waals surface area contributed by atoms with E-state index in [1.165, 1.54) is 5.56 Å². The topological polar surface area (TPSA) is 117 Å². The number of nitrogens with zero attached hydrogens (tertiary/aromatic N) is 6. The van der Waals surface area contributed by atoms with E-state index in [9.17, 15) is 4.79 Å². The second-order valence-electron chi connectivity index (χ2n) is 9.42. The van der Waals surface area contributed by atoms with Crippen LogP contribution in [0.5, 0.6) is 0 Å². The van der Waals surface area contributed by atoms with Crippen molar-refractivity contribution in [2.45, 2.75) is 19.9 Å². The number of nitrogens with one attached hydrogen (secondary N) is 2. The zero-order valence-corrected chi connectivity index (χ0v) is 21.8. The fraction of sp³-hybridized carbons (Fsp3) is 0.357. The van der Waals surface area contributed by atoms with E-state index in [2.05, 4.69) is 61.2 Å². The molecule has 10 heteroatoms. The first kappa shape index (κ1) is 25.6. The fourth-order valence-electron chi connectivity index (χ4n) is 4.90. The van der Waals surface area contributed by atoms with Crippen molar-refractivity contribution in [1.82, 2.24) is 35.1 Å². The van der Waals surface area contributed by atoms with Crippen LogP contribution in [0.1, 0.15) is 18.9 Å². The molecule has 3 aromatic heterocycles. The lowest BCUT2D eigenvalue weighted by Crippen LogP contribution is -2.42. The zero-order chi connectivity index (χ0) is 26.3. The van der Waals surface area contributed by atoms with Gasteiger partial charge in [-0.05, 0) is 55.3 Å². The summed E-state index contributed by atoms with van der Waals surface area (Å²) in [5.74, 6) is 2.01. The maximum Gasteiger partial charge on any atom is 0.207 e. The fourth-order valence-corrected chi connectivity index (χ4v) is 4.90. The summed E-state index contributed by atoms with van der Waals surface area (Å²) in [6.45, 7) is 9.44. The molecule has 4 heterocycles. The Kier molecular flexibility index (Phi) is 8.10. The molecule has 0 unspecified atom stereocenters. The monoisotopic (exact) mass is 513 g/mol. The van der Waals surface area contributed by atoms with Crippen LogP contribution in [0.2, 0.25) is 0 Å². The largest absolute Gasteiger partial charge is 0.383 e. The van der Waals surface area contributed by atoms with Gasteiger partial charge in [0.25, 0.3) is 0 Å². The summed E-state index contributed by atoms with van der Waals surface area (Å²) in [5.41, 5.74) is 10.9. The van der Waals surface area contributed by atoms with Crippen molar-refractivity contribution in [3.63, 3.8) is 0 Å². The molecule has 5 rings (SSSR count). The summed E-state index contributed by atoms with van der Waals surface area (Å²) in [7, 11) is 0. The Bertz CT molecular complexity index is 1360. The van der Waals surface area contributed by atoms with Gasteiger partial charge in [0.1, 0.15) is 17.2 Å². The normalized spacial score (nSPS) is 14.0. The van der Waals surface area contributed by atoms with Gasteiger partial charge in [0.15, 0.2) is 11.5 Å². The predicted molar refractivity (Wildman–Crippen MR) is 151 cm³/mol. The highest BCUT2D eigenvalue weighted by atomic mass is 16.1. The highest BCUT2D eigenvalue weighted by Crippen LogP contribution is 2.31. The smallest absolute Gasteiger partial charge is 0.207 e. The van der Waals surface area contributed by atoms with Crippen LogP contribution >= 0.6 is 0 Å².